The van der Waals surface area contributed by atoms with Gasteiger partial charge in [0.1, 0.15) is 0 Å². The van der Waals surface area contributed by atoms with Crippen molar-refractivity contribution in [2.45, 2.75) is 19.8 Å². The predicted molar refractivity (Wildman–Crippen MR) is 77.0 cm³/mol. The standard InChI is InChI=1S/C11H21N3O3S2/c1-11(10(12)18)2-4-13(5-3-11)19(15,16)14-6-8-17-9-7-14/h2-9H2,1H3,(H2,12,18). The molecule has 6 nitrogen and oxygen atoms in total. The van der Waals surface area contributed by atoms with E-state index in [1.54, 1.807) is 4.31 Å². The molecule has 0 bridgehead atoms. The average Bonchev–Trinajstić information content (AvgIpc) is 2.40. The Morgan fingerprint density at radius 2 is 1.63 bits per heavy atom. The second-order valence-electron chi connectivity index (χ2n) is 5.34. The summed E-state index contributed by atoms with van der Waals surface area (Å²) in [5.41, 5.74) is 5.52. The maximum Gasteiger partial charge on any atom is 0.282 e. The quantitative estimate of drug-likeness (QED) is 0.740. The number of ether oxygens (including phenoxy) is 1. The van der Waals surface area contributed by atoms with Crippen LogP contribution in [0.5, 0.6) is 0 Å². The maximum absolute atomic E-state index is 12.5. The third kappa shape index (κ3) is 3.08. The van der Waals surface area contributed by atoms with Crippen molar-refractivity contribution < 1.29 is 13.2 Å². The monoisotopic (exact) mass is 307 g/mol. The van der Waals surface area contributed by atoms with Crippen LogP contribution in [0.4, 0.5) is 0 Å². The first-order chi connectivity index (χ1) is 8.86. The van der Waals surface area contributed by atoms with Crippen LogP contribution in [0.25, 0.3) is 0 Å². The molecule has 0 spiro atoms. The minimum absolute atomic E-state index is 0.216. The summed E-state index contributed by atoms with van der Waals surface area (Å²) < 4.78 is 33.1. The minimum atomic E-state index is -3.36. The molecular weight excluding hydrogens is 286 g/mol. The summed E-state index contributed by atoms with van der Waals surface area (Å²) in [6, 6.07) is 0. The fourth-order valence-electron chi connectivity index (χ4n) is 2.40. The van der Waals surface area contributed by atoms with Gasteiger partial charge in [0.15, 0.2) is 0 Å². The van der Waals surface area contributed by atoms with E-state index >= 15 is 0 Å². The van der Waals surface area contributed by atoms with Crippen molar-refractivity contribution in [3.63, 3.8) is 0 Å². The van der Waals surface area contributed by atoms with Gasteiger partial charge in [-0.2, -0.15) is 17.0 Å². The molecule has 110 valence electrons. The van der Waals surface area contributed by atoms with Crippen LogP contribution in [0.2, 0.25) is 0 Å². The van der Waals surface area contributed by atoms with E-state index in [-0.39, 0.29) is 5.41 Å². The number of thiocarbonyl (C=S) groups is 1. The van der Waals surface area contributed by atoms with E-state index in [0.29, 0.717) is 57.2 Å². The molecule has 2 rings (SSSR count). The Kier molecular flexibility index (Phi) is 4.46. The van der Waals surface area contributed by atoms with Gasteiger partial charge in [-0.1, -0.05) is 19.1 Å². The molecule has 2 heterocycles. The third-order valence-corrected chi connectivity index (χ3v) is 6.57. The summed E-state index contributed by atoms with van der Waals surface area (Å²) in [6.45, 7) is 4.78. The Hall–Kier alpha value is -0.280. The lowest BCUT2D eigenvalue weighted by molar-refractivity contribution is 0.0690. The lowest BCUT2D eigenvalue weighted by Gasteiger charge is -2.40. The first-order valence-corrected chi connectivity index (χ1v) is 8.30. The molecule has 0 radical (unpaired) electrons. The molecule has 0 aromatic heterocycles. The lowest BCUT2D eigenvalue weighted by atomic mass is 9.81. The highest BCUT2D eigenvalue weighted by Crippen LogP contribution is 2.32. The molecule has 8 heteroatoms. The number of rotatable bonds is 3. The average molecular weight is 307 g/mol. The van der Waals surface area contributed by atoms with Gasteiger partial charge in [0.25, 0.3) is 10.2 Å². The summed E-state index contributed by atoms with van der Waals surface area (Å²) in [6.07, 6.45) is 1.37. The van der Waals surface area contributed by atoms with Crippen LogP contribution in [-0.4, -0.2) is 61.4 Å². The van der Waals surface area contributed by atoms with Crippen molar-refractivity contribution in [1.29, 1.82) is 0 Å². The molecule has 0 amide bonds. The first-order valence-electron chi connectivity index (χ1n) is 6.49. The molecule has 0 aliphatic carbocycles. The van der Waals surface area contributed by atoms with Gasteiger partial charge in [-0.15, -0.1) is 0 Å². The summed E-state index contributed by atoms with van der Waals surface area (Å²) in [7, 11) is -3.36. The van der Waals surface area contributed by atoms with Crippen LogP contribution >= 0.6 is 12.2 Å². The van der Waals surface area contributed by atoms with Crippen LogP contribution in [0.1, 0.15) is 19.8 Å². The van der Waals surface area contributed by atoms with Crippen LogP contribution in [0.3, 0.4) is 0 Å². The zero-order chi connectivity index (χ0) is 14.1. The van der Waals surface area contributed by atoms with Crippen molar-refractivity contribution >= 4 is 27.4 Å². The van der Waals surface area contributed by atoms with Gasteiger partial charge in [-0.3, -0.25) is 0 Å². The van der Waals surface area contributed by atoms with E-state index in [1.165, 1.54) is 4.31 Å². The number of hydrogen-bond acceptors (Lipinski definition) is 4. The van der Waals surface area contributed by atoms with Crippen LogP contribution in [0, 0.1) is 5.41 Å². The minimum Gasteiger partial charge on any atom is -0.393 e. The topological polar surface area (TPSA) is 75.9 Å². The first kappa shape index (κ1) is 15.1. The molecular formula is C11H21N3O3S2. The number of piperidine rings is 1. The Balaban J connectivity index is 2.02. The predicted octanol–water partition coefficient (Wildman–Crippen LogP) is -0.0484. The fraction of sp³-hybridized carbons (Fsp3) is 0.909. The van der Waals surface area contributed by atoms with E-state index in [9.17, 15) is 8.42 Å². The molecule has 0 unspecified atom stereocenters. The molecule has 0 atom stereocenters. The zero-order valence-electron chi connectivity index (χ0n) is 11.2. The second-order valence-corrected chi connectivity index (χ2v) is 7.71. The van der Waals surface area contributed by atoms with Crippen molar-refractivity contribution in [2.75, 3.05) is 39.4 Å². The number of hydrogen-bond donors (Lipinski definition) is 1. The number of morpholine rings is 1. The summed E-state index contributed by atoms with van der Waals surface area (Å²) in [4.78, 5) is 0.482. The number of nitrogens with two attached hydrogens (primary N) is 1. The van der Waals surface area contributed by atoms with E-state index < -0.39 is 10.2 Å². The third-order valence-electron chi connectivity index (χ3n) is 4.04. The van der Waals surface area contributed by atoms with Crippen molar-refractivity contribution in [2.24, 2.45) is 11.1 Å². The molecule has 2 aliphatic rings. The molecule has 2 aliphatic heterocycles. The Morgan fingerprint density at radius 1 is 1.16 bits per heavy atom. The van der Waals surface area contributed by atoms with Crippen molar-refractivity contribution in [3.8, 4) is 0 Å². The van der Waals surface area contributed by atoms with E-state index in [4.69, 9.17) is 22.7 Å². The van der Waals surface area contributed by atoms with Crippen molar-refractivity contribution in [1.82, 2.24) is 8.61 Å². The molecule has 2 N–H and O–H groups in total. The molecule has 0 saturated carbocycles. The van der Waals surface area contributed by atoms with Gasteiger partial charge in [0.2, 0.25) is 0 Å². The largest absolute Gasteiger partial charge is 0.393 e. The summed E-state index contributed by atoms with van der Waals surface area (Å²) in [5, 5.41) is 0. The highest BCUT2D eigenvalue weighted by molar-refractivity contribution is 7.86. The Morgan fingerprint density at radius 3 is 2.11 bits per heavy atom. The van der Waals surface area contributed by atoms with E-state index in [1.807, 2.05) is 6.92 Å². The van der Waals surface area contributed by atoms with E-state index in [0.717, 1.165) is 0 Å². The van der Waals surface area contributed by atoms with Gasteiger partial charge >= 0.3 is 0 Å². The fourth-order valence-corrected chi connectivity index (χ4v) is 4.18. The van der Waals surface area contributed by atoms with Gasteiger partial charge < -0.3 is 10.5 Å². The smallest absolute Gasteiger partial charge is 0.282 e. The summed E-state index contributed by atoms with van der Waals surface area (Å²) >= 11 is 5.07. The summed E-state index contributed by atoms with van der Waals surface area (Å²) in [5.74, 6) is 0. The van der Waals surface area contributed by atoms with Crippen molar-refractivity contribution in [3.05, 3.63) is 0 Å². The van der Waals surface area contributed by atoms with E-state index in [2.05, 4.69) is 0 Å². The highest BCUT2D eigenvalue weighted by Gasteiger charge is 2.39. The van der Waals surface area contributed by atoms with Crippen LogP contribution < -0.4 is 5.73 Å². The Labute approximate surface area is 120 Å². The van der Waals surface area contributed by atoms with Gasteiger partial charge in [-0.05, 0) is 12.8 Å². The molecule has 0 aromatic rings. The second kappa shape index (κ2) is 5.61. The molecule has 19 heavy (non-hydrogen) atoms. The van der Waals surface area contributed by atoms with Crippen LogP contribution in [-0.2, 0) is 14.9 Å². The van der Waals surface area contributed by atoms with Gasteiger partial charge in [-0.25, -0.2) is 0 Å². The maximum atomic E-state index is 12.5. The van der Waals surface area contributed by atoms with Gasteiger partial charge in [0.05, 0.1) is 18.2 Å². The normalized spacial score (nSPS) is 26.2. The zero-order valence-corrected chi connectivity index (χ0v) is 12.8. The molecule has 2 saturated heterocycles. The number of nitrogens with zero attached hydrogens (tertiary/aromatic N) is 2. The molecule has 0 aromatic carbocycles. The highest BCUT2D eigenvalue weighted by atomic mass is 32.2. The SMILES string of the molecule is CC1(C(N)=S)CCN(S(=O)(=O)N2CCOCC2)CC1. The lowest BCUT2D eigenvalue weighted by Crippen LogP contribution is -2.53. The Bertz CT molecular complexity index is 438. The molecule has 2 fully saturated rings. The van der Waals surface area contributed by atoms with Crippen LogP contribution in [0.15, 0.2) is 0 Å². The van der Waals surface area contributed by atoms with Gasteiger partial charge in [0, 0.05) is 31.6 Å².